The Bertz CT molecular complexity index is 1230. The number of nitrogens with zero attached hydrogens (tertiary/aromatic N) is 3. The largest absolute Gasteiger partial charge is 0.368 e. The quantitative estimate of drug-likeness (QED) is 0.581. The summed E-state index contributed by atoms with van der Waals surface area (Å²) in [6, 6.07) is 22.7. The predicted octanol–water partition coefficient (Wildman–Crippen LogP) is 2.96. The Morgan fingerprint density at radius 3 is 2.56 bits per heavy atom. The standard InChI is InChI=1S/C28H28N4O4/c33-26-14-24(23-11-4-5-12-25(23)30-26)28(35)32-17-22(36-19-21-10-6-7-13-29-21)16-31(27(34)18-32)15-20-8-2-1-3-9-20/h1-13,22,24H,14-19H2,(H,30,33)/t22-,24+/m1/s1. The number of fused-ring (bicyclic) bond motifs is 1. The molecule has 0 aliphatic carbocycles. The first-order valence-electron chi connectivity index (χ1n) is 12.1. The number of carbonyl (C=O) groups excluding carboxylic acids is 3. The van der Waals surface area contributed by atoms with Crippen molar-refractivity contribution in [2.24, 2.45) is 0 Å². The molecule has 2 atom stereocenters. The van der Waals surface area contributed by atoms with Crippen molar-refractivity contribution in [3.8, 4) is 0 Å². The van der Waals surface area contributed by atoms with E-state index in [2.05, 4.69) is 10.3 Å². The first-order chi connectivity index (χ1) is 17.6. The van der Waals surface area contributed by atoms with Crippen LogP contribution in [0.3, 0.4) is 0 Å². The molecule has 2 aliphatic heterocycles. The molecule has 0 saturated carbocycles. The Labute approximate surface area is 209 Å². The highest BCUT2D eigenvalue weighted by Gasteiger charge is 2.37. The number of hydrogen-bond donors (Lipinski definition) is 1. The summed E-state index contributed by atoms with van der Waals surface area (Å²) in [6.07, 6.45) is 1.35. The number of pyridine rings is 1. The lowest BCUT2D eigenvalue weighted by Crippen LogP contribution is -2.44. The minimum Gasteiger partial charge on any atom is -0.368 e. The molecule has 1 N–H and O–H groups in total. The summed E-state index contributed by atoms with van der Waals surface area (Å²) in [7, 11) is 0. The number of ether oxygens (including phenoxy) is 1. The lowest BCUT2D eigenvalue weighted by molar-refractivity contribution is -0.140. The first-order valence-corrected chi connectivity index (χ1v) is 12.1. The maximum absolute atomic E-state index is 13.8. The van der Waals surface area contributed by atoms with E-state index < -0.39 is 12.0 Å². The van der Waals surface area contributed by atoms with E-state index in [0.717, 1.165) is 16.8 Å². The summed E-state index contributed by atoms with van der Waals surface area (Å²) < 4.78 is 6.19. The summed E-state index contributed by atoms with van der Waals surface area (Å²) in [4.78, 5) is 47.0. The number of anilines is 1. The van der Waals surface area contributed by atoms with Gasteiger partial charge in [0.15, 0.2) is 0 Å². The van der Waals surface area contributed by atoms with Crippen molar-refractivity contribution < 1.29 is 19.1 Å². The molecular formula is C28H28N4O4. The maximum atomic E-state index is 13.8. The maximum Gasteiger partial charge on any atom is 0.242 e. The molecule has 2 aromatic carbocycles. The Balaban J connectivity index is 1.38. The Hall–Kier alpha value is -4.04. The van der Waals surface area contributed by atoms with Gasteiger partial charge in [0.25, 0.3) is 0 Å². The lowest BCUT2D eigenvalue weighted by atomic mass is 9.89. The summed E-state index contributed by atoms with van der Waals surface area (Å²) in [5.41, 5.74) is 3.19. The number of aromatic nitrogens is 1. The monoisotopic (exact) mass is 484 g/mol. The number of benzene rings is 2. The van der Waals surface area contributed by atoms with Gasteiger partial charge in [0.05, 0.1) is 30.9 Å². The smallest absolute Gasteiger partial charge is 0.242 e. The van der Waals surface area contributed by atoms with Gasteiger partial charge in [-0.05, 0) is 29.3 Å². The highest BCUT2D eigenvalue weighted by molar-refractivity contribution is 6.01. The van der Waals surface area contributed by atoms with E-state index in [1.54, 1.807) is 22.1 Å². The van der Waals surface area contributed by atoms with Crippen molar-refractivity contribution in [2.45, 2.75) is 31.6 Å². The van der Waals surface area contributed by atoms with Gasteiger partial charge in [-0.15, -0.1) is 0 Å². The van der Waals surface area contributed by atoms with Gasteiger partial charge in [-0.3, -0.25) is 19.4 Å². The number of amides is 3. The van der Waals surface area contributed by atoms with E-state index in [0.29, 0.717) is 18.8 Å². The Kier molecular flexibility index (Phi) is 7.04. The Morgan fingerprint density at radius 1 is 0.972 bits per heavy atom. The van der Waals surface area contributed by atoms with E-state index in [1.807, 2.05) is 66.7 Å². The second-order valence-corrected chi connectivity index (χ2v) is 9.12. The molecule has 1 aromatic heterocycles. The van der Waals surface area contributed by atoms with Crippen LogP contribution in [0.25, 0.3) is 0 Å². The normalized spacial score (nSPS) is 19.9. The Morgan fingerprint density at radius 2 is 1.75 bits per heavy atom. The van der Waals surface area contributed by atoms with Crippen molar-refractivity contribution >= 4 is 23.4 Å². The minimum absolute atomic E-state index is 0.0493. The van der Waals surface area contributed by atoms with Gasteiger partial charge in [-0.2, -0.15) is 0 Å². The molecule has 0 radical (unpaired) electrons. The van der Waals surface area contributed by atoms with Crippen molar-refractivity contribution in [1.29, 1.82) is 0 Å². The summed E-state index contributed by atoms with van der Waals surface area (Å²) in [5.74, 6) is -1.23. The fourth-order valence-electron chi connectivity index (χ4n) is 4.75. The number of nitrogens with one attached hydrogen (secondary N) is 1. The zero-order valence-electron chi connectivity index (χ0n) is 19.9. The van der Waals surface area contributed by atoms with E-state index in [-0.39, 0.29) is 43.8 Å². The second kappa shape index (κ2) is 10.7. The van der Waals surface area contributed by atoms with Crippen LogP contribution >= 0.6 is 0 Å². The summed E-state index contributed by atoms with van der Waals surface area (Å²) in [6.45, 7) is 1.25. The zero-order valence-corrected chi connectivity index (χ0v) is 19.9. The molecule has 0 bridgehead atoms. The van der Waals surface area contributed by atoms with Crippen LogP contribution in [0.2, 0.25) is 0 Å². The molecule has 184 valence electrons. The molecule has 0 spiro atoms. The molecule has 5 rings (SSSR count). The average Bonchev–Trinajstić information content (AvgIpc) is 3.06. The van der Waals surface area contributed by atoms with Crippen LogP contribution in [0, 0.1) is 0 Å². The van der Waals surface area contributed by atoms with Crippen molar-refractivity contribution in [3.05, 3.63) is 95.8 Å². The molecule has 3 aromatic rings. The third-order valence-corrected chi connectivity index (χ3v) is 6.55. The van der Waals surface area contributed by atoms with Crippen molar-refractivity contribution in [2.75, 3.05) is 25.0 Å². The van der Waals surface area contributed by atoms with Crippen LogP contribution in [0.5, 0.6) is 0 Å². The molecule has 8 nitrogen and oxygen atoms in total. The van der Waals surface area contributed by atoms with Gasteiger partial charge >= 0.3 is 0 Å². The summed E-state index contributed by atoms with van der Waals surface area (Å²) >= 11 is 0. The fraction of sp³-hybridized carbons (Fsp3) is 0.286. The average molecular weight is 485 g/mol. The first kappa shape index (κ1) is 23.7. The van der Waals surface area contributed by atoms with Gasteiger partial charge in [0.2, 0.25) is 17.7 Å². The van der Waals surface area contributed by atoms with E-state index >= 15 is 0 Å². The van der Waals surface area contributed by atoms with Crippen LogP contribution in [-0.2, 0) is 32.3 Å². The molecule has 1 saturated heterocycles. The van der Waals surface area contributed by atoms with Crippen LogP contribution in [0.15, 0.2) is 79.0 Å². The van der Waals surface area contributed by atoms with Crippen LogP contribution < -0.4 is 5.32 Å². The molecular weight excluding hydrogens is 456 g/mol. The second-order valence-electron chi connectivity index (χ2n) is 9.12. The summed E-state index contributed by atoms with van der Waals surface area (Å²) in [5, 5.41) is 2.83. The van der Waals surface area contributed by atoms with Gasteiger partial charge in [-0.25, -0.2) is 0 Å². The number of para-hydroxylation sites is 1. The molecule has 1 fully saturated rings. The van der Waals surface area contributed by atoms with Gasteiger partial charge in [-0.1, -0.05) is 54.6 Å². The predicted molar refractivity (Wildman–Crippen MR) is 134 cm³/mol. The van der Waals surface area contributed by atoms with E-state index in [9.17, 15) is 14.4 Å². The molecule has 36 heavy (non-hydrogen) atoms. The van der Waals surface area contributed by atoms with E-state index in [4.69, 9.17) is 4.74 Å². The van der Waals surface area contributed by atoms with Crippen LogP contribution in [0.4, 0.5) is 5.69 Å². The number of rotatable bonds is 6. The van der Waals surface area contributed by atoms with Gasteiger partial charge < -0.3 is 19.9 Å². The topological polar surface area (TPSA) is 91.8 Å². The zero-order chi connectivity index (χ0) is 24.9. The molecule has 2 aliphatic rings. The van der Waals surface area contributed by atoms with Crippen molar-refractivity contribution in [1.82, 2.24) is 14.8 Å². The molecule has 3 amide bonds. The lowest BCUT2D eigenvalue weighted by Gasteiger charge is -2.30. The van der Waals surface area contributed by atoms with Gasteiger partial charge in [0.1, 0.15) is 0 Å². The SMILES string of the molecule is O=C1C[C@H](C(=O)N2CC(=O)N(Cc3ccccc3)C[C@@H](OCc3ccccn3)C2)c2ccccc2N1. The van der Waals surface area contributed by atoms with Gasteiger partial charge in [0, 0.05) is 37.9 Å². The third kappa shape index (κ3) is 5.44. The molecule has 0 unspecified atom stereocenters. The van der Waals surface area contributed by atoms with Crippen LogP contribution in [0.1, 0.15) is 29.2 Å². The third-order valence-electron chi connectivity index (χ3n) is 6.55. The van der Waals surface area contributed by atoms with Crippen LogP contribution in [-0.4, -0.2) is 58.2 Å². The number of carbonyl (C=O) groups is 3. The highest BCUT2D eigenvalue weighted by Crippen LogP contribution is 2.33. The number of hydrogen-bond acceptors (Lipinski definition) is 5. The minimum atomic E-state index is -0.639. The van der Waals surface area contributed by atoms with Crippen molar-refractivity contribution in [3.63, 3.8) is 0 Å². The van der Waals surface area contributed by atoms with E-state index in [1.165, 1.54) is 0 Å². The highest BCUT2D eigenvalue weighted by atomic mass is 16.5. The molecule has 3 heterocycles. The molecule has 8 heteroatoms. The fourth-order valence-corrected chi connectivity index (χ4v) is 4.75.